The van der Waals surface area contributed by atoms with E-state index >= 15 is 0 Å². The summed E-state index contributed by atoms with van der Waals surface area (Å²) in [5, 5.41) is 5.85. The van der Waals surface area contributed by atoms with Crippen molar-refractivity contribution in [3.05, 3.63) is 97.8 Å². The van der Waals surface area contributed by atoms with Crippen molar-refractivity contribution in [3.8, 4) is 17.1 Å². The highest BCUT2D eigenvalue weighted by Crippen LogP contribution is 2.19. The number of rotatable bonds is 6. The predicted octanol–water partition coefficient (Wildman–Crippen LogP) is 3.69. The molecule has 0 aliphatic heterocycles. The number of benzene rings is 2. The lowest BCUT2D eigenvalue weighted by molar-refractivity contribution is 0.369. The van der Waals surface area contributed by atoms with Gasteiger partial charge in [0.05, 0.1) is 19.2 Å². The molecule has 8 nitrogen and oxygen atoms in total. The molecule has 5 rings (SSSR count). The number of nitrogens with zero attached hydrogens (tertiary/aromatic N) is 4. The maximum absolute atomic E-state index is 13.4. The molecule has 0 fully saturated rings. The summed E-state index contributed by atoms with van der Waals surface area (Å²) in [6.45, 7) is 2.21. The van der Waals surface area contributed by atoms with Crippen LogP contribution in [0.1, 0.15) is 17.0 Å². The number of ether oxygens (including phenoxy) is 1. The SMILES string of the molecule is COc1ccc(Cn2c(=O)c3sccc3n(Cc3nc(-c4ccc(C)cc4)no3)c2=O)cc1. The van der Waals surface area contributed by atoms with Gasteiger partial charge in [0.1, 0.15) is 17.0 Å². The Bertz CT molecular complexity index is 1540. The molecule has 0 unspecified atom stereocenters. The summed E-state index contributed by atoms with van der Waals surface area (Å²) in [4.78, 5) is 30.9. The maximum Gasteiger partial charge on any atom is 0.332 e. The molecule has 9 heteroatoms. The molecule has 0 N–H and O–H groups in total. The first kappa shape index (κ1) is 20.9. The Hall–Kier alpha value is -3.98. The Morgan fingerprint density at radius 2 is 1.73 bits per heavy atom. The van der Waals surface area contributed by atoms with Crippen molar-refractivity contribution in [3.63, 3.8) is 0 Å². The Labute approximate surface area is 192 Å². The third kappa shape index (κ3) is 3.98. The lowest BCUT2D eigenvalue weighted by Crippen LogP contribution is -2.40. The fourth-order valence-corrected chi connectivity index (χ4v) is 4.46. The summed E-state index contributed by atoms with van der Waals surface area (Å²) in [6.07, 6.45) is 0. The number of hydrogen-bond donors (Lipinski definition) is 0. The van der Waals surface area contributed by atoms with E-state index in [1.165, 1.54) is 20.5 Å². The van der Waals surface area contributed by atoms with Crippen LogP contribution >= 0.6 is 11.3 Å². The first-order valence-corrected chi connectivity index (χ1v) is 11.1. The number of hydrogen-bond acceptors (Lipinski definition) is 7. The summed E-state index contributed by atoms with van der Waals surface area (Å²) in [6, 6.07) is 16.8. The number of fused-ring (bicyclic) bond motifs is 1. The minimum absolute atomic E-state index is 0.0633. The van der Waals surface area contributed by atoms with Crippen molar-refractivity contribution >= 4 is 21.6 Å². The van der Waals surface area contributed by atoms with Crippen molar-refractivity contribution in [2.75, 3.05) is 7.11 Å². The molecule has 0 spiro atoms. The zero-order chi connectivity index (χ0) is 22.9. The van der Waals surface area contributed by atoms with Gasteiger partial charge in [-0.2, -0.15) is 4.98 Å². The van der Waals surface area contributed by atoms with Crippen LogP contribution in [-0.2, 0) is 13.1 Å². The highest BCUT2D eigenvalue weighted by Gasteiger charge is 2.17. The first-order valence-electron chi connectivity index (χ1n) is 10.3. The lowest BCUT2D eigenvalue weighted by atomic mass is 10.1. The van der Waals surface area contributed by atoms with Crippen molar-refractivity contribution in [1.82, 2.24) is 19.3 Å². The van der Waals surface area contributed by atoms with Crippen molar-refractivity contribution < 1.29 is 9.26 Å². The Morgan fingerprint density at radius 3 is 2.45 bits per heavy atom. The molecule has 0 aliphatic rings. The number of aromatic nitrogens is 4. The van der Waals surface area contributed by atoms with Crippen LogP contribution < -0.4 is 16.0 Å². The average molecular weight is 461 g/mol. The second-order valence-electron chi connectivity index (χ2n) is 7.62. The Morgan fingerprint density at radius 1 is 0.970 bits per heavy atom. The van der Waals surface area contributed by atoms with Crippen LogP contribution in [0.4, 0.5) is 0 Å². The van der Waals surface area contributed by atoms with Gasteiger partial charge in [-0.15, -0.1) is 11.3 Å². The Balaban J connectivity index is 1.53. The highest BCUT2D eigenvalue weighted by atomic mass is 32.1. The van der Waals surface area contributed by atoms with Crippen LogP contribution in [0.5, 0.6) is 5.75 Å². The van der Waals surface area contributed by atoms with Gasteiger partial charge in [-0.25, -0.2) is 4.79 Å². The molecule has 0 atom stereocenters. The van der Waals surface area contributed by atoms with Gasteiger partial charge in [-0.3, -0.25) is 13.9 Å². The van der Waals surface area contributed by atoms with E-state index in [4.69, 9.17) is 9.26 Å². The summed E-state index contributed by atoms with van der Waals surface area (Å²) >= 11 is 1.30. The monoisotopic (exact) mass is 460 g/mol. The predicted molar refractivity (Wildman–Crippen MR) is 126 cm³/mol. The lowest BCUT2D eigenvalue weighted by Gasteiger charge is -2.11. The van der Waals surface area contributed by atoms with Crippen molar-refractivity contribution in [1.29, 1.82) is 0 Å². The van der Waals surface area contributed by atoms with Gasteiger partial charge in [0.25, 0.3) is 5.56 Å². The van der Waals surface area contributed by atoms with E-state index < -0.39 is 5.69 Å². The minimum Gasteiger partial charge on any atom is -0.497 e. The molecule has 166 valence electrons. The summed E-state index contributed by atoms with van der Waals surface area (Å²) < 4.78 is 13.9. The molecule has 0 saturated carbocycles. The second kappa shape index (κ2) is 8.51. The molecule has 3 heterocycles. The molecular weight excluding hydrogens is 440 g/mol. The fourth-order valence-electron chi connectivity index (χ4n) is 3.61. The van der Waals surface area contributed by atoms with Crippen LogP contribution in [0.2, 0.25) is 0 Å². The standard InChI is InChI=1S/C24H20N4O4S/c1-15-3-7-17(8-4-15)22-25-20(32-26-22)14-27-19-11-12-33-21(19)23(29)28(24(27)30)13-16-5-9-18(31-2)10-6-16/h3-12H,13-14H2,1-2H3. The van der Waals surface area contributed by atoms with Crippen LogP contribution in [0.25, 0.3) is 21.6 Å². The smallest absolute Gasteiger partial charge is 0.332 e. The van der Waals surface area contributed by atoms with Crippen LogP contribution in [0.3, 0.4) is 0 Å². The maximum atomic E-state index is 13.4. The summed E-state index contributed by atoms with van der Waals surface area (Å²) in [7, 11) is 1.59. The van der Waals surface area contributed by atoms with E-state index in [1.807, 2.05) is 43.3 Å². The van der Waals surface area contributed by atoms with Crippen LogP contribution in [-0.4, -0.2) is 26.4 Å². The third-order valence-corrected chi connectivity index (χ3v) is 6.30. The molecular formula is C24H20N4O4S. The zero-order valence-corrected chi connectivity index (χ0v) is 18.8. The van der Waals surface area contributed by atoms with Gasteiger partial charge in [0, 0.05) is 5.56 Å². The van der Waals surface area contributed by atoms with E-state index in [0.717, 1.165) is 16.7 Å². The Kier molecular flexibility index (Phi) is 5.39. The van der Waals surface area contributed by atoms with Gasteiger partial charge < -0.3 is 9.26 Å². The van der Waals surface area contributed by atoms with E-state index in [2.05, 4.69) is 10.1 Å². The summed E-state index contributed by atoms with van der Waals surface area (Å²) in [5.41, 5.74) is 2.58. The van der Waals surface area contributed by atoms with E-state index in [-0.39, 0.29) is 24.5 Å². The first-order chi connectivity index (χ1) is 16.0. The average Bonchev–Trinajstić information content (AvgIpc) is 3.50. The molecule has 0 bridgehead atoms. The molecule has 0 saturated heterocycles. The number of thiophene rings is 1. The van der Waals surface area contributed by atoms with Gasteiger partial charge in [-0.1, -0.05) is 47.1 Å². The third-order valence-electron chi connectivity index (χ3n) is 5.41. The quantitative estimate of drug-likeness (QED) is 0.384. The molecule has 3 aromatic heterocycles. The van der Waals surface area contributed by atoms with Crippen LogP contribution in [0.15, 0.2) is 74.1 Å². The van der Waals surface area contributed by atoms with Crippen molar-refractivity contribution in [2.45, 2.75) is 20.0 Å². The molecule has 5 aromatic rings. The van der Waals surface area contributed by atoms with Gasteiger partial charge in [-0.05, 0) is 36.1 Å². The molecule has 33 heavy (non-hydrogen) atoms. The number of methoxy groups -OCH3 is 1. The molecule has 0 radical (unpaired) electrons. The van der Waals surface area contributed by atoms with Gasteiger partial charge in [0.2, 0.25) is 11.7 Å². The van der Waals surface area contributed by atoms with E-state index in [0.29, 0.717) is 21.8 Å². The fraction of sp³-hybridized carbons (Fsp3) is 0.167. The molecule has 2 aromatic carbocycles. The van der Waals surface area contributed by atoms with Crippen molar-refractivity contribution in [2.24, 2.45) is 0 Å². The van der Waals surface area contributed by atoms with Gasteiger partial charge in [0.15, 0.2) is 0 Å². The van der Waals surface area contributed by atoms with Crippen LogP contribution in [0, 0.1) is 6.92 Å². The van der Waals surface area contributed by atoms with E-state index in [9.17, 15) is 9.59 Å². The highest BCUT2D eigenvalue weighted by molar-refractivity contribution is 7.17. The normalized spacial score (nSPS) is 11.2. The zero-order valence-electron chi connectivity index (χ0n) is 18.0. The molecule has 0 amide bonds. The summed E-state index contributed by atoms with van der Waals surface area (Å²) in [5.74, 6) is 1.44. The second-order valence-corrected chi connectivity index (χ2v) is 8.54. The minimum atomic E-state index is -0.434. The van der Waals surface area contributed by atoms with Gasteiger partial charge >= 0.3 is 5.69 Å². The van der Waals surface area contributed by atoms with E-state index in [1.54, 1.807) is 30.7 Å². The topological polar surface area (TPSA) is 92.2 Å². The molecule has 0 aliphatic carbocycles. The number of aryl methyl sites for hydroxylation is 1. The largest absolute Gasteiger partial charge is 0.497 e.